The SMILES string of the molecule is COC(C)C(=O)Nc1ccc(Oc2ccccc2)cc1. The Morgan fingerprint density at radius 3 is 2.20 bits per heavy atom. The maximum absolute atomic E-state index is 11.7. The topological polar surface area (TPSA) is 47.6 Å². The molecule has 1 unspecified atom stereocenters. The molecule has 2 aromatic rings. The molecule has 20 heavy (non-hydrogen) atoms. The molecule has 0 spiro atoms. The first-order chi connectivity index (χ1) is 9.69. The van der Waals surface area contributed by atoms with Crippen LogP contribution in [0.5, 0.6) is 11.5 Å². The summed E-state index contributed by atoms with van der Waals surface area (Å²) in [5.74, 6) is 1.32. The summed E-state index contributed by atoms with van der Waals surface area (Å²) in [6, 6.07) is 16.7. The van der Waals surface area contributed by atoms with Gasteiger partial charge in [0.15, 0.2) is 0 Å². The molecule has 4 heteroatoms. The Morgan fingerprint density at radius 2 is 1.60 bits per heavy atom. The van der Waals surface area contributed by atoms with Gasteiger partial charge < -0.3 is 14.8 Å². The average Bonchev–Trinajstić information content (AvgIpc) is 2.49. The average molecular weight is 271 g/mol. The first-order valence-electron chi connectivity index (χ1n) is 6.35. The molecule has 0 aliphatic rings. The number of hydrogen-bond acceptors (Lipinski definition) is 3. The van der Waals surface area contributed by atoms with Gasteiger partial charge in [0, 0.05) is 12.8 Å². The molecule has 0 saturated heterocycles. The number of anilines is 1. The van der Waals surface area contributed by atoms with Crippen molar-refractivity contribution in [2.45, 2.75) is 13.0 Å². The van der Waals surface area contributed by atoms with E-state index in [0.717, 1.165) is 5.75 Å². The summed E-state index contributed by atoms with van der Waals surface area (Å²) in [5.41, 5.74) is 0.708. The quantitative estimate of drug-likeness (QED) is 0.906. The summed E-state index contributed by atoms with van der Waals surface area (Å²) in [5, 5.41) is 2.76. The fourth-order valence-electron chi connectivity index (χ4n) is 1.58. The van der Waals surface area contributed by atoms with Gasteiger partial charge in [-0.2, -0.15) is 0 Å². The van der Waals surface area contributed by atoms with Gasteiger partial charge in [-0.05, 0) is 43.3 Å². The second-order valence-electron chi connectivity index (χ2n) is 4.31. The van der Waals surface area contributed by atoms with Crippen LogP contribution in [-0.4, -0.2) is 19.1 Å². The van der Waals surface area contributed by atoms with Crippen LogP contribution in [0.4, 0.5) is 5.69 Å². The summed E-state index contributed by atoms with van der Waals surface area (Å²) in [6.45, 7) is 1.70. The first-order valence-corrected chi connectivity index (χ1v) is 6.35. The standard InChI is InChI=1S/C16H17NO3/c1-12(19-2)16(18)17-13-8-10-15(11-9-13)20-14-6-4-3-5-7-14/h3-12H,1-2H3,(H,17,18). The summed E-state index contributed by atoms with van der Waals surface area (Å²) in [7, 11) is 1.50. The third kappa shape index (κ3) is 3.83. The van der Waals surface area contributed by atoms with Crippen LogP contribution in [0, 0.1) is 0 Å². The molecule has 0 heterocycles. The molecule has 0 aromatic heterocycles. The molecule has 1 amide bonds. The fraction of sp³-hybridized carbons (Fsp3) is 0.188. The molecular formula is C16H17NO3. The predicted octanol–water partition coefficient (Wildman–Crippen LogP) is 3.45. The Labute approximate surface area is 118 Å². The number of hydrogen-bond donors (Lipinski definition) is 1. The summed E-state index contributed by atoms with van der Waals surface area (Å²) >= 11 is 0. The van der Waals surface area contributed by atoms with Crippen LogP contribution in [0.3, 0.4) is 0 Å². The lowest BCUT2D eigenvalue weighted by atomic mass is 10.2. The number of ether oxygens (including phenoxy) is 2. The Hall–Kier alpha value is -2.33. The first kappa shape index (κ1) is 14.1. The van der Waals surface area contributed by atoms with Crippen LogP contribution >= 0.6 is 0 Å². The van der Waals surface area contributed by atoms with Crippen molar-refractivity contribution >= 4 is 11.6 Å². The highest BCUT2D eigenvalue weighted by Crippen LogP contribution is 2.22. The van der Waals surface area contributed by atoms with Crippen LogP contribution in [-0.2, 0) is 9.53 Å². The highest BCUT2D eigenvalue weighted by Gasteiger charge is 2.11. The van der Waals surface area contributed by atoms with Crippen molar-refractivity contribution in [3.8, 4) is 11.5 Å². The van der Waals surface area contributed by atoms with Crippen LogP contribution in [0.25, 0.3) is 0 Å². The van der Waals surface area contributed by atoms with E-state index in [2.05, 4.69) is 5.32 Å². The fourth-order valence-corrected chi connectivity index (χ4v) is 1.58. The number of para-hydroxylation sites is 1. The number of benzene rings is 2. The zero-order valence-corrected chi connectivity index (χ0v) is 11.5. The van der Waals surface area contributed by atoms with E-state index < -0.39 is 6.10 Å². The zero-order valence-electron chi connectivity index (χ0n) is 11.5. The van der Waals surface area contributed by atoms with Gasteiger partial charge in [-0.3, -0.25) is 4.79 Å². The van der Waals surface area contributed by atoms with Crippen molar-refractivity contribution in [2.75, 3.05) is 12.4 Å². The van der Waals surface area contributed by atoms with E-state index in [0.29, 0.717) is 11.4 Å². The third-order valence-electron chi connectivity index (χ3n) is 2.82. The van der Waals surface area contributed by atoms with Crippen molar-refractivity contribution < 1.29 is 14.3 Å². The molecule has 2 rings (SSSR count). The lowest BCUT2D eigenvalue weighted by molar-refractivity contribution is -0.124. The van der Waals surface area contributed by atoms with Gasteiger partial charge in [-0.25, -0.2) is 0 Å². The monoisotopic (exact) mass is 271 g/mol. The second kappa shape index (κ2) is 6.73. The summed E-state index contributed by atoms with van der Waals surface area (Å²) in [6.07, 6.45) is -0.477. The molecule has 0 aliphatic heterocycles. The van der Waals surface area contributed by atoms with E-state index in [-0.39, 0.29) is 5.91 Å². The van der Waals surface area contributed by atoms with Gasteiger partial charge in [0.25, 0.3) is 5.91 Å². The van der Waals surface area contributed by atoms with E-state index in [9.17, 15) is 4.79 Å². The maximum Gasteiger partial charge on any atom is 0.253 e. The highest BCUT2D eigenvalue weighted by molar-refractivity contribution is 5.93. The molecule has 0 fully saturated rings. The smallest absolute Gasteiger partial charge is 0.253 e. The van der Waals surface area contributed by atoms with E-state index in [4.69, 9.17) is 9.47 Å². The van der Waals surface area contributed by atoms with Crippen LogP contribution in [0.15, 0.2) is 54.6 Å². The number of carbonyl (C=O) groups is 1. The predicted molar refractivity (Wildman–Crippen MR) is 78.1 cm³/mol. The Bertz CT molecular complexity index is 552. The Kier molecular flexibility index (Phi) is 4.74. The summed E-state index contributed by atoms with van der Waals surface area (Å²) in [4.78, 5) is 11.7. The Balaban J connectivity index is 1.98. The molecule has 1 atom stereocenters. The van der Waals surface area contributed by atoms with Crippen molar-refractivity contribution in [1.82, 2.24) is 0 Å². The highest BCUT2D eigenvalue weighted by atomic mass is 16.5. The number of carbonyl (C=O) groups excluding carboxylic acids is 1. The zero-order chi connectivity index (χ0) is 14.4. The van der Waals surface area contributed by atoms with Gasteiger partial charge in [0.05, 0.1) is 0 Å². The molecule has 0 aliphatic carbocycles. The van der Waals surface area contributed by atoms with Gasteiger partial charge in [-0.1, -0.05) is 18.2 Å². The van der Waals surface area contributed by atoms with Crippen LogP contribution in [0.1, 0.15) is 6.92 Å². The van der Waals surface area contributed by atoms with Crippen molar-refractivity contribution in [3.63, 3.8) is 0 Å². The number of rotatable bonds is 5. The lowest BCUT2D eigenvalue weighted by Crippen LogP contribution is -2.26. The molecule has 2 aromatic carbocycles. The molecule has 4 nitrogen and oxygen atoms in total. The van der Waals surface area contributed by atoms with E-state index in [1.807, 2.05) is 30.3 Å². The Morgan fingerprint density at radius 1 is 1.00 bits per heavy atom. The van der Waals surface area contributed by atoms with Gasteiger partial charge >= 0.3 is 0 Å². The van der Waals surface area contributed by atoms with Crippen molar-refractivity contribution in [1.29, 1.82) is 0 Å². The van der Waals surface area contributed by atoms with E-state index in [1.165, 1.54) is 7.11 Å². The third-order valence-corrected chi connectivity index (χ3v) is 2.82. The minimum atomic E-state index is -0.477. The molecule has 0 bridgehead atoms. The normalized spacial score (nSPS) is 11.7. The van der Waals surface area contributed by atoms with Gasteiger partial charge in [0.2, 0.25) is 0 Å². The maximum atomic E-state index is 11.7. The van der Waals surface area contributed by atoms with Crippen LogP contribution in [0.2, 0.25) is 0 Å². The number of amides is 1. The second-order valence-corrected chi connectivity index (χ2v) is 4.31. The van der Waals surface area contributed by atoms with Gasteiger partial charge in [0.1, 0.15) is 17.6 Å². The van der Waals surface area contributed by atoms with E-state index >= 15 is 0 Å². The molecule has 104 valence electrons. The molecule has 0 radical (unpaired) electrons. The van der Waals surface area contributed by atoms with Crippen molar-refractivity contribution in [2.24, 2.45) is 0 Å². The number of methoxy groups -OCH3 is 1. The largest absolute Gasteiger partial charge is 0.457 e. The lowest BCUT2D eigenvalue weighted by Gasteiger charge is -2.11. The minimum absolute atomic E-state index is 0.177. The van der Waals surface area contributed by atoms with Crippen LogP contribution < -0.4 is 10.1 Å². The van der Waals surface area contributed by atoms with E-state index in [1.54, 1.807) is 31.2 Å². The molecule has 1 N–H and O–H groups in total. The van der Waals surface area contributed by atoms with Gasteiger partial charge in [-0.15, -0.1) is 0 Å². The molecule has 0 saturated carbocycles. The number of nitrogens with one attached hydrogen (secondary N) is 1. The summed E-state index contributed by atoms with van der Waals surface area (Å²) < 4.78 is 10.6. The minimum Gasteiger partial charge on any atom is -0.457 e. The van der Waals surface area contributed by atoms with Crippen molar-refractivity contribution in [3.05, 3.63) is 54.6 Å². The molecular weight excluding hydrogens is 254 g/mol.